The zero-order valence-corrected chi connectivity index (χ0v) is 10.5. The molecule has 0 saturated heterocycles. The summed E-state index contributed by atoms with van der Waals surface area (Å²) in [6.45, 7) is 0.494. The van der Waals surface area contributed by atoms with Crippen LogP contribution in [0, 0.1) is 11.3 Å². The van der Waals surface area contributed by atoms with Gasteiger partial charge in [0.2, 0.25) is 5.91 Å². The lowest BCUT2D eigenvalue weighted by molar-refractivity contribution is -0.129. The molecule has 0 atom stereocenters. The summed E-state index contributed by atoms with van der Waals surface area (Å²) in [6.07, 6.45) is 4.00. The van der Waals surface area contributed by atoms with Gasteiger partial charge < -0.3 is 4.90 Å². The topological polar surface area (TPSA) is 69.9 Å². The van der Waals surface area contributed by atoms with Gasteiger partial charge in [0.05, 0.1) is 17.5 Å². The highest BCUT2D eigenvalue weighted by Gasteiger charge is 2.08. The van der Waals surface area contributed by atoms with Crippen LogP contribution < -0.4 is 0 Å². The lowest BCUT2D eigenvalue weighted by atomic mass is 10.3. The van der Waals surface area contributed by atoms with E-state index in [1.165, 1.54) is 18.1 Å². The molecule has 0 aliphatic rings. The molecule has 0 aliphatic carbocycles. The molecule has 0 aliphatic heterocycles. The van der Waals surface area contributed by atoms with E-state index in [1.54, 1.807) is 18.1 Å². The van der Waals surface area contributed by atoms with Gasteiger partial charge in [-0.25, -0.2) is 9.97 Å². The zero-order chi connectivity index (χ0) is 12.5. The molecule has 1 aromatic rings. The molecule has 1 aromatic heterocycles. The molecule has 1 amide bonds. The van der Waals surface area contributed by atoms with Gasteiger partial charge in [-0.3, -0.25) is 4.79 Å². The number of carbonyl (C=O) groups is 1. The van der Waals surface area contributed by atoms with Crippen molar-refractivity contribution in [1.82, 2.24) is 14.9 Å². The maximum atomic E-state index is 11.6. The fourth-order valence-corrected chi connectivity index (χ4v) is 1.90. The molecule has 0 bridgehead atoms. The zero-order valence-electron chi connectivity index (χ0n) is 9.67. The first-order valence-electron chi connectivity index (χ1n) is 5.23. The Morgan fingerprint density at radius 3 is 3.12 bits per heavy atom. The van der Waals surface area contributed by atoms with E-state index in [1.807, 2.05) is 12.1 Å². The van der Waals surface area contributed by atoms with E-state index < -0.39 is 0 Å². The second kappa shape index (κ2) is 7.63. The van der Waals surface area contributed by atoms with Gasteiger partial charge in [-0.05, 0) is 6.07 Å². The highest BCUT2D eigenvalue weighted by atomic mass is 32.2. The van der Waals surface area contributed by atoms with E-state index in [0.717, 1.165) is 5.03 Å². The van der Waals surface area contributed by atoms with E-state index in [-0.39, 0.29) is 5.91 Å². The summed E-state index contributed by atoms with van der Waals surface area (Å²) in [7, 11) is 1.72. The van der Waals surface area contributed by atoms with Crippen LogP contribution in [0.1, 0.15) is 12.8 Å². The Hall–Kier alpha value is -1.61. The van der Waals surface area contributed by atoms with Crippen LogP contribution in [0.3, 0.4) is 0 Å². The lowest BCUT2D eigenvalue weighted by Gasteiger charge is -2.14. The third kappa shape index (κ3) is 5.31. The smallest absolute Gasteiger partial charge is 0.223 e. The van der Waals surface area contributed by atoms with Crippen molar-refractivity contribution in [3.8, 4) is 6.07 Å². The number of nitrogens with zero attached hydrogens (tertiary/aromatic N) is 4. The summed E-state index contributed by atoms with van der Waals surface area (Å²) in [6, 6.07) is 3.83. The maximum absolute atomic E-state index is 11.6. The molecule has 90 valence electrons. The average molecular weight is 250 g/mol. The molecule has 1 rings (SSSR count). The average Bonchev–Trinajstić information content (AvgIpc) is 2.37. The summed E-state index contributed by atoms with van der Waals surface area (Å²) in [5, 5.41) is 9.28. The predicted molar refractivity (Wildman–Crippen MR) is 65.2 cm³/mol. The van der Waals surface area contributed by atoms with E-state index in [2.05, 4.69) is 9.97 Å². The number of carbonyl (C=O) groups excluding carboxylic acids is 1. The van der Waals surface area contributed by atoms with E-state index >= 15 is 0 Å². The number of hydrogen-bond donors (Lipinski definition) is 0. The molecule has 0 fully saturated rings. The number of nitriles is 1. The van der Waals surface area contributed by atoms with Crippen LogP contribution in [0.15, 0.2) is 23.6 Å². The van der Waals surface area contributed by atoms with Gasteiger partial charge >= 0.3 is 0 Å². The van der Waals surface area contributed by atoms with Crippen LogP contribution >= 0.6 is 11.8 Å². The van der Waals surface area contributed by atoms with Gasteiger partial charge in [0, 0.05) is 32.0 Å². The van der Waals surface area contributed by atoms with E-state index in [4.69, 9.17) is 5.26 Å². The standard InChI is InChI=1S/C11H14N4OS/c1-15(7-2-5-12)11(16)4-8-17-10-3-6-13-9-14-10/h3,6,9H,2,4,7-8H2,1H3. The predicted octanol–water partition coefficient (Wildman–Crippen LogP) is 1.33. The van der Waals surface area contributed by atoms with E-state index in [0.29, 0.717) is 25.1 Å². The highest BCUT2D eigenvalue weighted by molar-refractivity contribution is 7.99. The number of hydrogen-bond acceptors (Lipinski definition) is 5. The monoisotopic (exact) mass is 250 g/mol. The Labute approximate surface area is 105 Å². The molecule has 1 heterocycles. The second-order valence-electron chi connectivity index (χ2n) is 3.37. The number of thioether (sulfide) groups is 1. The number of aromatic nitrogens is 2. The molecule has 6 heteroatoms. The van der Waals surface area contributed by atoms with Gasteiger partial charge in [-0.1, -0.05) is 0 Å². The fourth-order valence-electron chi connectivity index (χ4n) is 1.14. The van der Waals surface area contributed by atoms with Gasteiger partial charge in [0.15, 0.2) is 0 Å². The van der Waals surface area contributed by atoms with Crippen molar-refractivity contribution >= 4 is 17.7 Å². The SMILES string of the molecule is CN(CCC#N)C(=O)CCSc1ccncn1. The van der Waals surface area contributed by atoms with Gasteiger partial charge in [-0.2, -0.15) is 5.26 Å². The van der Waals surface area contributed by atoms with Crippen molar-refractivity contribution in [3.63, 3.8) is 0 Å². The summed E-state index contributed by atoms with van der Waals surface area (Å²) in [5.74, 6) is 0.744. The minimum absolute atomic E-state index is 0.0572. The van der Waals surface area contributed by atoms with Crippen molar-refractivity contribution in [1.29, 1.82) is 5.26 Å². The van der Waals surface area contributed by atoms with Crippen LogP contribution in [-0.4, -0.2) is 40.1 Å². The number of amides is 1. The number of rotatable bonds is 6. The first kappa shape index (κ1) is 13.5. The Kier molecular flexibility index (Phi) is 6.04. The van der Waals surface area contributed by atoms with Crippen LogP contribution in [-0.2, 0) is 4.79 Å². The second-order valence-corrected chi connectivity index (χ2v) is 4.48. The Morgan fingerprint density at radius 1 is 1.65 bits per heavy atom. The quantitative estimate of drug-likeness (QED) is 0.562. The van der Waals surface area contributed by atoms with Crippen LogP contribution in [0.2, 0.25) is 0 Å². The molecule has 5 nitrogen and oxygen atoms in total. The largest absolute Gasteiger partial charge is 0.345 e. The normalized spacial score (nSPS) is 9.65. The van der Waals surface area contributed by atoms with Crippen molar-refractivity contribution in [2.75, 3.05) is 19.3 Å². The molecule has 0 radical (unpaired) electrons. The van der Waals surface area contributed by atoms with Crippen LogP contribution in [0.5, 0.6) is 0 Å². The molecular weight excluding hydrogens is 236 g/mol. The summed E-state index contributed by atoms with van der Waals surface area (Å²) in [5.41, 5.74) is 0. The molecule has 0 N–H and O–H groups in total. The van der Waals surface area contributed by atoms with E-state index in [9.17, 15) is 4.79 Å². The van der Waals surface area contributed by atoms with Gasteiger partial charge in [0.1, 0.15) is 6.33 Å². The summed E-state index contributed by atoms with van der Waals surface area (Å²) >= 11 is 1.53. The molecule has 0 saturated carbocycles. The Balaban J connectivity index is 2.23. The minimum Gasteiger partial charge on any atom is -0.345 e. The van der Waals surface area contributed by atoms with Crippen molar-refractivity contribution in [2.45, 2.75) is 17.9 Å². The third-order valence-electron chi connectivity index (χ3n) is 2.11. The molecular formula is C11H14N4OS. The maximum Gasteiger partial charge on any atom is 0.223 e. The van der Waals surface area contributed by atoms with Crippen molar-refractivity contribution in [2.24, 2.45) is 0 Å². The molecule has 17 heavy (non-hydrogen) atoms. The molecule has 0 aromatic carbocycles. The molecule has 0 unspecified atom stereocenters. The van der Waals surface area contributed by atoms with Crippen molar-refractivity contribution in [3.05, 3.63) is 18.6 Å². The molecule has 0 spiro atoms. The Bertz CT molecular complexity index is 390. The summed E-state index contributed by atoms with van der Waals surface area (Å²) in [4.78, 5) is 21.1. The first-order chi connectivity index (χ1) is 8.24. The Morgan fingerprint density at radius 2 is 2.47 bits per heavy atom. The van der Waals surface area contributed by atoms with Crippen LogP contribution in [0.4, 0.5) is 0 Å². The van der Waals surface area contributed by atoms with Gasteiger partial charge in [0.25, 0.3) is 0 Å². The third-order valence-corrected chi connectivity index (χ3v) is 3.05. The minimum atomic E-state index is 0.0572. The lowest BCUT2D eigenvalue weighted by Crippen LogP contribution is -2.27. The highest BCUT2D eigenvalue weighted by Crippen LogP contribution is 2.14. The van der Waals surface area contributed by atoms with Gasteiger partial charge in [-0.15, -0.1) is 11.8 Å². The van der Waals surface area contributed by atoms with Crippen LogP contribution in [0.25, 0.3) is 0 Å². The summed E-state index contributed by atoms with van der Waals surface area (Å²) < 4.78 is 0. The first-order valence-corrected chi connectivity index (χ1v) is 6.22. The van der Waals surface area contributed by atoms with Crippen molar-refractivity contribution < 1.29 is 4.79 Å². The fraction of sp³-hybridized carbons (Fsp3) is 0.455.